The quantitative estimate of drug-likeness (QED) is 0.849. The Kier molecular flexibility index (Phi) is 4.96. The lowest BCUT2D eigenvalue weighted by atomic mass is 10.1. The van der Waals surface area contributed by atoms with Gasteiger partial charge in [0.25, 0.3) is 0 Å². The van der Waals surface area contributed by atoms with Crippen molar-refractivity contribution >= 4 is 0 Å². The summed E-state index contributed by atoms with van der Waals surface area (Å²) in [5, 5.41) is 13.4. The molecule has 0 aliphatic heterocycles. The van der Waals surface area contributed by atoms with Crippen LogP contribution in [0.4, 0.5) is 0 Å². The first-order valence-corrected chi connectivity index (χ1v) is 6.70. The minimum Gasteiger partial charge on any atom is -0.507 e. The summed E-state index contributed by atoms with van der Waals surface area (Å²) >= 11 is 0. The molecular formula is C16H20N2O2. The van der Waals surface area contributed by atoms with Gasteiger partial charge in [-0.1, -0.05) is 6.07 Å². The van der Waals surface area contributed by atoms with E-state index in [1.54, 1.807) is 25.6 Å². The van der Waals surface area contributed by atoms with Gasteiger partial charge in [-0.15, -0.1) is 0 Å². The van der Waals surface area contributed by atoms with Crippen molar-refractivity contribution in [1.82, 2.24) is 10.3 Å². The highest BCUT2D eigenvalue weighted by atomic mass is 16.5. The lowest BCUT2D eigenvalue weighted by molar-refractivity contribution is 0.404. The van der Waals surface area contributed by atoms with E-state index in [9.17, 15) is 5.11 Å². The van der Waals surface area contributed by atoms with Gasteiger partial charge in [-0.05, 0) is 43.7 Å². The van der Waals surface area contributed by atoms with Crippen LogP contribution in [-0.2, 0) is 6.42 Å². The molecule has 2 N–H and O–H groups in total. The van der Waals surface area contributed by atoms with Crippen molar-refractivity contribution in [3.05, 3.63) is 53.9 Å². The summed E-state index contributed by atoms with van der Waals surface area (Å²) in [4.78, 5) is 4.00. The predicted octanol–water partition coefficient (Wildman–Crippen LogP) is 2.69. The maximum absolute atomic E-state index is 9.98. The number of ether oxygens (including phenoxy) is 1. The third kappa shape index (κ3) is 3.71. The fourth-order valence-corrected chi connectivity index (χ4v) is 2.11. The molecule has 2 aromatic rings. The van der Waals surface area contributed by atoms with E-state index in [2.05, 4.69) is 10.3 Å². The minimum atomic E-state index is 0.0859. The third-order valence-corrected chi connectivity index (χ3v) is 3.32. The Morgan fingerprint density at radius 3 is 2.65 bits per heavy atom. The summed E-state index contributed by atoms with van der Waals surface area (Å²) < 4.78 is 5.08. The van der Waals surface area contributed by atoms with E-state index in [1.807, 2.05) is 31.2 Å². The second-order valence-electron chi connectivity index (χ2n) is 4.71. The zero-order valence-corrected chi connectivity index (χ0v) is 11.8. The molecule has 0 fully saturated rings. The van der Waals surface area contributed by atoms with Crippen molar-refractivity contribution in [3.8, 4) is 11.5 Å². The molecule has 20 heavy (non-hydrogen) atoms. The highest BCUT2D eigenvalue weighted by molar-refractivity contribution is 5.41. The standard InChI is InChI=1S/C16H20N2O2/c1-12(15-4-3-14(20-2)11-16(15)19)18-10-7-13-5-8-17-9-6-13/h3-6,8-9,11-12,18-19H,7,10H2,1-2H3. The van der Waals surface area contributed by atoms with Crippen molar-refractivity contribution in [3.63, 3.8) is 0 Å². The number of aromatic hydroxyl groups is 1. The molecule has 0 radical (unpaired) electrons. The molecule has 1 atom stereocenters. The van der Waals surface area contributed by atoms with Gasteiger partial charge < -0.3 is 15.2 Å². The van der Waals surface area contributed by atoms with Crippen LogP contribution in [0, 0.1) is 0 Å². The normalized spacial score (nSPS) is 12.1. The number of hydrogen-bond donors (Lipinski definition) is 2. The fourth-order valence-electron chi connectivity index (χ4n) is 2.11. The molecule has 1 heterocycles. The van der Waals surface area contributed by atoms with E-state index in [-0.39, 0.29) is 11.8 Å². The summed E-state index contributed by atoms with van der Waals surface area (Å²) in [6.07, 6.45) is 4.53. The number of nitrogens with zero attached hydrogens (tertiary/aromatic N) is 1. The molecule has 1 unspecified atom stereocenters. The second-order valence-corrected chi connectivity index (χ2v) is 4.71. The third-order valence-electron chi connectivity index (χ3n) is 3.32. The molecule has 0 saturated carbocycles. The molecule has 0 bridgehead atoms. The van der Waals surface area contributed by atoms with Gasteiger partial charge in [0.1, 0.15) is 11.5 Å². The SMILES string of the molecule is COc1ccc(C(C)NCCc2ccncc2)c(O)c1. The first-order valence-electron chi connectivity index (χ1n) is 6.70. The molecule has 0 aliphatic carbocycles. The van der Waals surface area contributed by atoms with Crippen LogP contribution in [0.1, 0.15) is 24.1 Å². The first kappa shape index (κ1) is 14.3. The van der Waals surface area contributed by atoms with Gasteiger partial charge in [0.05, 0.1) is 7.11 Å². The highest BCUT2D eigenvalue weighted by Gasteiger charge is 2.10. The van der Waals surface area contributed by atoms with Crippen molar-refractivity contribution in [2.75, 3.05) is 13.7 Å². The molecule has 1 aromatic carbocycles. The van der Waals surface area contributed by atoms with Crippen LogP contribution < -0.4 is 10.1 Å². The van der Waals surface area contributed by atoms with Crippen LogP contribution in [0.3, 0.4) is 0 Å². The number of hydrogen-bond acceptors (Lipinski definition) is 4. The van der Waals surface area contributed by atoms with Gasteiger partial charge in [0.2, 0.25) is 0 Å². The molecule has 4 nitrogen and oxygen atoms in total. The average molecular weight is 272 g/mol. The van der Waals surface area contributed by atoms with E-state index in [1.165, 1.54) is 5.56 Å². The maximum Gasteiger partial charge on any atom is 0.124 e. The molecule has 2 rings (SSSR count). The Labute approximate surface area is 119 Å². The van der Waals surface area contributed by atoms with Gasteiger partial charge in [-0.3, -0.25) is 4.98 Å². The molecule has 0 spiro atoms. The Balaban J connectivity index is 1.90. The summed E-state index contributed by atoms with van der Waals surface area (Å²) in [5.74, 6) is 0.920. The lowest BCUT2D eigenvalue weighted by Crippen LogP contribution is -2.21. The maximum atomic E-state index is 9.98. The molecule has 4 heteroatoms. The molecule has 0 saturated heterocycles. The van der Waals surface area contributed by atoms with Crippen molar-refractivity contribution in [1.29, 1.82) is 0 Å². The number of aromatic nitrogens is 1. The van der Waals surface area contributed by atoms with Crippen LogP contribution in [0.15, 0.2) is 42.7 Å². The molecule has 0 amide bonds. The average Bonchev–Trinajstić information content (AvgIpc) is 2.48. The van der Waals surface area contributed by atoms with E-state index in [0.29, 0.717) is 5.75 Å². The second kappa shape index (κ2) is 6.91. The van der Waals surface area contributed by atoms with E-state index in [4.69, 9.17) is 4.74 Å². The first-order chi connectivity index (χ1) is 9.70. The van der Waals surface area contributed by atoms with Crippen LogP contribution in [0.25, 0.3) is 0 Å². The van der Waals surface area contributed by atoms with Crippen LogP contribution in [-0.4, -0.2) is 23.7 Å². The van der Waals surface area contributed by atoms with Crippen LogP contribution in [0.5, 0.6) is 11.5 Å². The van der Waals surface area contributed by atoms with Crippen molar-refractivity contribution < 1.29 is 9.84 Å². The summed E-state index contributed by atoms with van der Waals surface area (Å²) in [7, 11) is 1.59. The zero-order valence-electron chi connectivity index (χ0n) is 11.8. The topological polar surface area (TPSA) is 54.4 Å². The Hall–Kier alpha value is -2.07. The number of phenols is 1. The molecule has 106 valence electrons. The zero-order chi connectivity index (χ0) is 14.4. The summed E-state index contributed by atoms with van der Waals surface area (Å²) in [5.41, 5.74) is 2.12. The van der Waals surface area contributed by atoms with Crippen LogP contribution in [0.2, 0.25) is 0 Å². The molecule has 0 aliphatic rings. The van der Waals surface area contributed by atoms with Crippen molar-refractivity contribution in [2.45, 2.75) is 19.4 Å². The highest BCUT2D eigenvalue weighted by Crippen LogP contribution is 2.28. The summed E-state index contributed by atoms with van der Waals surface area (Å²) in [6, 6.07) is 9.49. The Morgan fingerprint density at radius 2 is 2.00 bits per heavy atom. The molecule has 1 aromatic heterocycles. The van der Waals surface area contributed by atoms with Gasteiger partial charge in [0, 0.05) is 30.1 Å². The number of phenolic OH excluding ortho intramolecular Hbond substituents is 1. The van der Waals surface area contributed by atoms with Crippen molar-refractivity contribution in [2.24, 2.45) is 0 Å². The lowest BCUT2D eigenvalue weighted by Gasteiger charge is -2.16. The number of rotatable bonds is 6. The number of pyridine rings is 1. The predicted molar refractivity (Wildman–Crippen MR) is 79.0 cm³/mol. The monoisotopic (exact) mass is 272 g/mol. The largest absolute Gasteiger partial charge is 0.507 e. The van der Waals surface area contributed by atoms with E-state index in [0.717, 1.165) is 18.5 Å². The minimum absolute atomic E-state index is 0.0859. The van der Waals surface area contributed by atoms with Crippen LogP contribution >= 0.6 is 0 Å². The van der Waals surface area contributed by atoms with Gasteiger partial charge in [0.15, 0.2) is 0 Å². The summed E-state index contributed by atoms with van der Waals surface area (Å²) in [6.45, 7) is 2.88. The number of benzene rings is 1. The van der Waals surface area contributed by atoms with E-state index >= 15 is 0 Å². The Morgan fingerprint density at radius 1 is 1.25 bits per heavy atom. The fraction of sp³-hybridized carbons (Fsp3) is 0.312. The number of methoxy groups -OCH3 is 1. The van der Waals surface area contributed by atoms with Gasteiger partial charge >= 0.3 is 0 Å². The van der Waals surface area contributed by atoms with Gasteiger partial charge in [-0.25, -0.2) is 0 Å². The Bertz CT molecular complexity index is 543. The van der Waals surface area contributed by atoms with E-state index < -0.39 is 0 Å². The smallest absolute Gasteiger partial charge is 0.124 e. The number of nitrogens with one attached hydrogen (secondary N) is 1. The molecular weight excluding hydrogens is 252 g/mol. The van der Waals surface area contributed by atoms with Gasteiger partial charge in [-0.2, -0.15) is 0 Å².